The van der Waals surface area contributed by atoms with Crippen LogP contribution in [0, 0.1) is 18.3 Å². The monoisotopic (exact) mass is 693 g/mol. The summed E-state index contributed by atoms with van der Waals surface area (Å²) >= 11 is 1.71. The van der Waals surface area contributed by atoms with E-state index in [1.807, 2.05) is 12.1 Å². The Morgan fingerprint density at radius 2 is 1.69 bits per heavy atom. The molecule has 1 aliphatic heterocycles. The maximum atomic E-state index is 14.8. The molecule has 6 rings (SSSR count). The van der Waals surface area contributed by atoms with Gasteiger partial charge >= 0.3 is 6.18 Å². The Labute approximate surface area is 288 Å². The summed E-state index contributed by atoms with van der Waals surface area (Å²) in [5, 5.41) is 4.18. The van der Waals surface area contributed by atoms with E-state index in [0.29, 0.717) is 47.1 Å². The van der Waals surface area contributed by atoms with Gasteiger partial charge in [-0.3, -0.25) is 9.59 Å². The number of carbonyl (C=O) groups excluding carboxylic acids is 2. The van der Waals surface area contributed by atoms with E-state index in [9.17, 15) is 22.8 Å². The Bertz CT molecular complexity index is 1850. The van der Waals surface area contributed by atoms with Crippen molar-refractivity contribution >= 4 is 40.2 Å². The number of nitrogens with zero attached hydrogens (tertiary/aromatic N) is 1. The molecule has 49 heavy (non-hydrogen) atoms. The van der Waals surface area contributed by atoms with Crippen LogP contribution in [-0.2, 0) is 22.3 Å². The molecular formula is C38H42F3N3O4S. The fourth-order valence-corrected chi connectivity index (χ4v) is 8.79. The number of alkyl halides is 3. The van der Waals surface area contributed by atoms with E-state index in [2.05, 4.69) is 43.2 Å². The van der Waals surface area contributed by atoms with Gasteiger partial charge in [0.2, 0.25) is 5.91 Å². The Morgan fingerprint density at radius 1 is 1.00 bits per heavy atom. The van der Waals surface area contributed by atoms with Crippen molar-refractivity contribution in [3.8, 4) is 11.5 Å². The third-order valence-electron chi connectivity index (χ3n) is 10.5. The van der Waals surface area contributed by atoms with Gasteiger partial charge in [0.05, 0.1) is 25.5 Å². The number of nitrogens with one attached hydrogen (secondary N) is 2. The number of hydrogen-bond donors (Lipinski definition) is 2. The molecule has 0 spiro atoms. The van der Waals surface area contributed by atoms with E-state index in [-0.39, 0.29) is 42.0 Å². The van der Waals surface area contributed by atoms with Crippen LogP contribution in [0.3, 0.4) is 0 Å². The summed E-state index contributed by atoms with van der Waals surface area (Å²) in [6.07, 6.45) is -3.49. The number of H-pyrrole nitrogens is 1. The number of rotatable bonds is 10. The predicted molar refractivity (Wildman–Crippen MR) is 187 cm³/mol. The molecule has 11 heteroatoms. The van der Waals surface area contributed by atoms with E-state index < -0.39 is 17.3 Å². The fourth-order valence-electron chi connectivity index (χ4n) is 7.62. The van der Waals surface area contributed by atoms with Gasteiger partial charge in [-0.15, -0.1) is 0 Å². The van der Waals surface area contributed by atoms with Gasteiger partial charge in [0.15, 0.2) is 0 Å². The average Bonchev–Trinajstić information content (AvgIpc) is 3.43. The van der Waals surface area contributed by atoms with Crippen molar-refractivity contribution in [3.05, 3.63) is 89.1 Å². The number of benzene rings is 3. The van der Waals surface area contributed by atoms with Crippen LogP contribution in [0.25, 0.3) is 10.9 Å². The van der Waals surface area contributed by atoms with E-state index in [0.717, 1.165) is 28.7 Å². The highest BCUT2D eigenvalue weighted by molar-refractivity contribution is 7.99. The Balaban J connectivity index is 1.36. The first-order valence-corrected chi connectivity index (χ1v) is 17.6. The minimum atomic E-state index is -4.49. The van der Waals surface area contributed by atoms with Crippen molar-refractivity contribution in [2.45, 2.75) is 64.2 Å². The fraction of sp³-hybridized carbons (Fsp3) is 0.421. The zero-order valence-corrected chi connectivity index (χ0v) is 29.2. The summed E-state index contributed by atoms with van der Waals surface area (Å²) in [5.41, 5.74) is 2.11. The molecule has 2 fully saturated rings. The molecule has 260 valence electrons. The van der Waals surface area contributed by atoms with E-state index in [4.69, 9.17) is 9.47 Å². The van der Waals surface area contributed by atoms with Gasteiger partial charge in [-0.2, -0.15) is 24.9 Å². The first kappa shape index (κ1) is 34.7. The molecule has 7 nitrogen and oxygen atoms in total. The lowest BCUT2D eigenvalue weighted by atomic mass is 9.87. The molecule has 1 saturated carbocycles. The SMILES string of the molecule is COc1ccc(NC(=O)C2(N(Cc3ccc(C(F)(F)F)cc3)C(=O)C[C@H]3[C@H](c4c(C)[nH]c5ccccc45)C3(C)C)CCSCC2)c(OC)c1. The maximum Gasteiger partial charge on any atom is 0.416 e. The lowest BCUT2D eigenvalue weighted by Crippen LogP contribution is -2.60. The third kappa shape index (κ3) is 6.61. The van der Waals surface area contributed by atoms with Crippen LogP contribution in [0.4, 0.5) is 18.9 Å². The molecule has 2 aliphatic rings. The van der Waals surface area contributed by atoms with E-state index in [1.165, 1.54) is 31.9 Å². The van der Waals surface area contributed by atoms with Gasteiger partial charge in [-0.05, 0) is 90.0 Å². The number of aromatic nitrogens is 1. The smallest absolute Gasteiger partial charge is 0.416 e. The highest BCUT2D eigenvalue weighted by Gasteiger charge is 2.60. The molecule has 2 heterocycles. The highest BCUT2D eigenvalue weighted by Crippen LogP contribution is 2.67. The minimum absolute atomic E-state index is 0.00126. The molecule has 4 aromatic rings. The Morgan fingerprint density at radius 3 is 2.35 bits per heavy atom. The summed E-state index contributed by atoms with van der Waals surface area (Å²) in [6, 6.07) is 18.1. The van der Waals surface area contributed by atoms with Gasteiger partial charge in [0, 0.05) is 35.6 Å². The number of carbonyl (C=O) groups is 2. The molecule has 0 radical (unpaired) electrons. The highest BCUT2D eigenvalue weighted by atomic mass is 32.2. The predicted octanol–water partition coefficient (Wildman–Crippen LogP) is 8.58. The molecule has 1 aliphatic carbocycles. The number of fused-ring (bicyclic) bond motifs is 1. The van der Waals surface area contributed by atoms with Crippen molar-refractivity contribution in [2.75, 3.05) is 31.0 Å². The number of ether oxygens (including phenoxy) is 2. The third-order valence-corrected chi connectivity index (χ3v) is 11.5. The van der Waals surface area contributed by atoms with Crippen molar-refractivity contribution in [1.82, 2.24) is 9.88 Å². The van der Waals surface area contributed by atoms with Crippen LogP contribution in [0.1, 0.15) is 61.4 Å². The topological polar surface area (TPSA) is 83.7 Å². The first-order chi connectivity index (χ1) is 23.3. The summed E-state index contributed by atoms with van der Waals surface area (Å²) in [4.78, 5) is 34.4. The molecule has 3 aromatic carbocycles. The maximum absolute atomic E-state index is 14.8. The van der Waals surface area contributed by atoms with E-state index in [1.54, 1.807) is 34.9 Å². The largest absolute Gasteiger partial charge is 0.497 e. The average molecular weight is 694 g/mol. The van der Waals surface area contributed by atoms with Crippen molar-refractivity contribution in [2.24, 2.45) is 11.3 Å². The minimum Gasteiger partial charge on any atom is -0.497 e. The molecule has 1 saturated heterocycles. The standard InChI is InChI=1S/C38H42F3N3O4S/c1-23-33(27-8-6-7-9-29(27)42-23)34-28(36(34,2)3)21-32(45)44(22-24-10-12-25(13-11-24)38(39,40)41)37(16-18-49-19-17-37)35(46)43-30-15-14-26(47-4)20-31(30)48-5/h6-15,20,28,34,42H,16-19,21-22H2,1-5H3,(H,43,46)/t28-,34+/m0/s1. The summed E-state index contributed by atoms with van der Waals surface area (Å²) in [7, 11) is 3.04. The van der Waals surface area contributed by atoms with Crippen molar-refractivity contribution in [3.63, 3.8) is 0 Å². The van der Waals surface area contributed by atoms with Crippen molar-refractivity contribution in [1.29, 1.82) is 0 Å². The lowest BCUT2D eigenvalue weighted by molar-refractivity contribution is -0.147. The molecular weight excluding hydrogens is 651 g/mol. The van der Waals surface area contributed by atoms with Crippen LogP contribution < -0.4 is 14.8 Å². The van der Waals surface area contributed by atoms with E-state index >= 15 is 0 Å². The zero-order chi connectivity index (χ0) is 35.1. The van der Waals surface area contributed by atoms with Crippen molar-refractivity contribution < 1.29 is 32.2 Å². The number of methoxy groups -OCH3 is 2. The number of aromatic amines is 1. The molecule has 0 bridgehead atoms. The number of thioether (sulfide) groups is 1. The second-order valence-electron chi connectivity index (χ2n) is 13.7. The van der Waals surface area contributed by atoms with Gasteiger partial charge < -0.3 is 24.7 Å². The van der Waals surface area contributed by atoms with Gasteiger partial charge in [0.1, 0.15) is 17.0 Å². The normalized spacial score (nSPS) is 19.7. The zero-order valence-electron chi connectivity index (χ0n) is 28.4. The molecule has 2 atom stereocenters. The number of halogens is 3. The second-order valence-corrected chi connectivity index (χ2v) is 14.9. The van der Waals surface area contributed by atoms with Crippen LogP contribution in [-0.4, -0.2) is 53.0 Å². The van der Waals surface area contributed by atoms with Gasteiger partial charge in [0.25, 0.3) is 5.91 Å². The number of amides is 2. The number of hydrogen-bond acceptors (Lipinski definition) is 5. The lowest BCUT2D eigenvalue weighted by Gasteiger charge is -2.45. The summed E-state index contributed by atoms with van der Waals surface area (Å²) in [5.74, 6) is 1.85. The molecule has 1 aromatic heterocycles. The van der Waals surface area contributed by atoms with Gasteiger partial charge in [-0.25, -0.2) is 0 Å². The molecule has 2 amide bonds. The second kappa shape index (κ2) is 13.3. The van der Waals surface area contributed by atoms with Gasteiger partial charge in [-0.1, -0.05) is 44.2 Å². The number of aryl methyl sites for hydroxylation is 1. The quantitative estimate of drug-likeness (QED) is 0.174. The van der Waals surface area contributed by atoms with Crippen LogP contribution in [0.5, 0.6) is 11.5 Å². The molecule has 0 unspecified atom stereocenters. The van der Waals surface area contributed by atoms with Crippen LogP contribution in [0.2, 0.25) is 0 Å². The first-order valence-electron chi connectivity index (χ1n) is 16.4. The Kier molecular flexibility index (Phi) is 9.43. The summed E-state index contributed by atoms with van der Waals surface area (Å²) in [6.45, 7) is 6.41. The van der Waals surface area contributed by atoms with Crippen LogP contribution in [0.15, 0.2) is 66.7 Å². The molecule has 2 N–H and O–H groups in total. The summed E-state index contributed by atoms with van der Waals surface area (Å²) < 4.78 is 51.2. The Hall–Kier alpha value is -4.12. The number of anilines is 1. The van der Waals surface area contributed by atoms with Crippen LogP contribution >= 0.6 is 11.8 Å². The number of para-hydroxylation sites is 1.